The number of ether oxygens (including phenoxy) is 1. The zero-order chi connectivity index (χ0) is 9.52. The average molecular weight is 172 g/mol. The van der Waals surface area contributed by atoms with Gasteiger partial charge >= 0.3 is 0 Å². The lowest BCUT2D eigenvalue weighted by atomic mass is 10.2. The summed E-state index contributed by atoms with van der Waals surface area (Å²) in [6.45, 7) is 7.06. The Hall–Kier alpha value is -1.76. The van der Waals surface area contributed by atoms with Gasteiger partial charge in [0.15, 0.2) is 5.76 Å². The van der Waals surface area contributed by atoms with Gasteiger partial charge in [-0.15, -0.1) is 0 Å². The van der Waals surface area contributed by atoms with E-state index < -0.39 is 0 Å². The van der Waals surface area contributed by atoms with Crippen molar-refractivity contribution in [3.05, 3.63) is 67.2 Å². The highest BCUT2D eigenvalue weighted by molar-refractivity contribution is 5.45. The van der Waals surface area contributed by atoms with Crippen LogP contribution in [0.15, 0.2) is 61.6 Å². The summed E-state index contributed by atoms with van der Waals surface area (Å²) < 4.78 is 4.53. The van der Waals surface area contributed by atoms with E-state index >= 15 is 0 Å². The number of hydrogen-bond donors (Lipinski definition) is 0. The third-order valence-corrected chi connectivity index (χ3v) is 1.49. The van der Waals surface area contributed by atoms with Gasteiger partial charge in [0.2, 0.25) is 0 Å². The first kappa shape index (κ1) is 9.33. The summed E-state index contributed by atoms with van der Waals surface area (Å²) in [5.41, 5.74) is 1.17. The van der Waals surface area contributed by atoms with Gasteiger partial charge in [-0.05, 0) is 11.6 Å². The minimum Gasteiger partial charge on any atom is -0.458 e. The molecule has 66 valence electrons. The van der Waals surface area contributed by atoms with E-state index in [1.807, 2.05) is 36.4 Å². The van der Waals surface area contributed by atoms with Gasteiger partial charge in [0.1, 0.15) is 6.26 Å². The van der Waals surface area contributed by atoms with Crippen LogP contribution in [-0.2, 0) is 4.74 Å². The fourth-order valence-electron chi connectivity index (χ4n) is 0.719. The molecular weight excluding hydrogens is 160 g/mol. The first-order chi connectivity index (χ1) is 6.36. The minimum absolute atomic E-state index is 0.894. The summed E-state index contributed by atoms with van der Waals surface area (Å²) >= 11 is 0. The SMILES string of the molecule is C=CC1=CO1.C=Cc1ccccc1. The lowest BCUT2D eigenvalue weighted by Crippen LogP contribution is -1.63. The van der Waals surface area contributed by atoms with E-state index in [0.717, 1.165) is 5.76 Å². The summed E-state index contributed by atoms with van der Waals surface area (Å²) in [6.07, 6.45) is 5.15. The Bertz CT molecular complexity index is 306. The summed E-state index contributed by atoms with van der Waals surface area (Å²) in [5.74, 6) is 0.894. The molecule has 0 aromatic heterocycles. The maximum Gasteiger partial charge on any atom is 0.161 e. The maximum absolute atomic E-state index is 4.53. The van der Waals surface area contributed by atoms with Gasteiger partial charge in [0.05, 0.1) is 0 Å². The predicted octanol–water partition coefficient (Wildman–Crippen LogP) is 3.37. The number of benzene rings is 1. The quantitative estimate of drug-likeness (QED) is 0.666. The van der Waals surface area contributed by atoms with Gasteiger partial charge in [0, 0.05) is 0 Å². The molecule has 0 atom stereocenters. The molecule has 0 spiro atoms. The molecule has 13 heavy (non-hydrogen) atoms. The summed E-state index contributed by atoms with van der Waals surface area (Å²) in [7, 11) is 0. The second kappa shape index (κ2) is 4.99. The van der Waals surface area contributed by atoms with Crippen LogP contribution < -0.4 is 0 Å². The molecule has 0 bridgehead atoms. The van der Waals surface area contributed by atoms with Crippen molar-refractivity contribution >= 4 is 6.08 Å². The van der Waals surface area contributed by atoms with Gasteiger partial charge in [-0.25, -0.2) is 0 Å². The summed E-state index contributed by atoms with van der Waals surface area (Å²) in [5, 5.41) is 0. The van der Waals surface area contributed by atoms with Crippen molar-refractivity contribution in [1.82, 2.24) is 0 Å². The van der Waals surface area contributed by atoms with E-state index in [0.29, 0.717) is 0 Å². The number of rotatable bonds is 2. The molecule has 0 N–H and O–H groups in total. The third kappa shape index (κ3) is 3.97. The van der Waals surface area contributed by atoms with E-state index in [1.165, 1.54) is 5.56 Å². The van der Waals surface area contributed by atoms with E-state index in [-0.39, 0.29) is 0 Å². The molecule has 0 radical (unpaired) electrons. The van der Waals surface area contributed by atoms with Gasteiger partial charge in [0.25, 0.3) is 0 Å². The predicted molar refractivity (Wildman–Crippen MR) is 55.9 cm³/mol. The molecule has 1 heteroatoms. The normalized spacial score (nSPS) is 11.2. The Labute approximate surface area is 78.7 Å². The Balaban J connectivity index is 0.000000145. The molecule has 0 aliphatic carbocycles. The second-order valence-electron chi connectivity index (χ2n) is 2.46. The molecular formula is C12H12O. The zero-order valence-corrected chi connectivity index (χ0v) is 7.44. The van der Waals surface area contributed by atoms with Crippen LogP contribution in [0.25, 0.3) is 6.08 Å². The minimum atomic E-state index is 0.894. The molecule has 0 amide bonds. The van der Waals surface area contributed by atoms with E-state index in [4.69, 9.17) is 0 Å². The molecule has 1 heterocycles. The van der Waals surface area contributed by atoms with E-state index in [2.05, 4.69) is 17.9 Å². The Kier molecular flexibility index (Phi) is 3.58. The van der Waals surface area contributed by atoms with Crippen molar-refractivity contribution in [2.75, 3.05) is 0 Å². The summed E-state index contributed by atoms with van der Waals surface area (Å²) in [6, 6.07) is 10.0. The van der Waals surface area contributed by atoms with Crippen LogP contribution >= 0.6 is 0 Å². The highest BCUT2D eigenvalue weighted by Gasteiger charge is 1.99. The van der Waals surface area contributed by atoms with Gasteiger partial charge in [-0.1, -0.05) is 49.6 Å². The van der Waals surface area contributed by atoms with Crippen LogP contribution in [0.1, 0.15) is 5.56 Å². The van der Waals surface area contributed by atoms with Crippen LogP contribution in [0.3, 0.4) is 0 Å². The second-order valence-corrected chi connectivity index (χ2v) is 2.46. The standard InChI is InChI=1S/C8H8.C4H4O/c1-2-8-6-4-3-5-7-8;1-2-4-3-5-4/h2-7H,1H2;2-3H,1H2. The Morgan fingerprint density at radius 3 is 1.85 bits per heavy atom. The molecule has 1 aromatic rings. The molecule has 0 unspecified atom stereocenters. The highest BCUT2D eigenvalue weighted by Crippen LogP contribution is 2.11. The molecule has 0 saturated carbocycles. The van der Waals surface area contributed by atoms with Crippen LogP contribution in [-0.4, -0.2) is 0 Å². The first-order valence-electron chi connectivity index (χ1n) is 4.03. The number of hydrogen-bond acceptors (Lipinski definition) is 1. The first-order valence-corrected chi connectivity index (χ1v) is 4.03. The fourth-order valence-corrected chi connectivity index (χ4v) is 0.719. The van der Waals surface area contributed by atoms with Crippen LogP contribution in [0.2, 0.25) is 0 Å². The topological polar surface area (TPSA) is 12.5 Å². The van der Waals surface area contributed by atoms with Crippen molar-refractivity contribution in [2.24, 2.45) is 0 Å². The average Bonchev–Trinajstić information content (AvgIpc) is 3.03. The largest absolute Gasteiger partial charge is 0.458 e. The molecule has 0 fully saturated rings. The summed E-state index contributed by atoms with van der Waals surface area (Å²) in [4.78, 5) is 0. The number of allylic oxidation sites excluding steroid dienone is 1. The van der Waals surface area contributed by atoms with Crippen LogP contribution in [0, 0.1) is 0 Å². The lowest BCUT2D eigenvalue weighted by Gasteiger charge is -1.85. The maximum atomic E-state index is 4.53. The van der Waals surface area contributed by atoms with Crippen LogP contribution in [0.5, 0.6) is 0 Å². The van der Waals surface area contributed by atoms with Crippen molar-refractivity contribution in [3.63, 3.8) is 0 Å². The third-order valence-electron chi connectivity index (χ3n) is 1.49. The van der Waals surface area contributed by atoms with E-state index in [9.17, 15) is 0 Å². The molecule has 1 aliphatic rings. The molecule has 1 aromatic carbocycles. The van der Waals surface area contributed by atoms with Crippen molar-refractivity contribution in [3.8, 4) is 0 Å². The fraction of sp³-hybridized carbons (Fsp3) is 0. The van der Waals surface area contributed by atoms with Crippen molar-refractivity contribution in [1.29, 1.82) is 0 Å². The van der Waals surface area contributed by atoms with Gasteiger partial charge in [-0.2, -0.15) is 0 Å². The van der Waals surface area contributed by atoms with Crippen LogP contribution in [0.4, 0.5) is 0 Å². The Morgan fingerprint density at radius 2 is 1.62 bits per heavy atom. The highest BCUT2D eigenvalue weighted by atomic mass is 16.5. The monoisotopic (exact) mass is 172 g/mol. The van der Waals surface area contributed by atoms with Gasteiger partial charge < -0.3 is 4.74 Å². The van der Waals surface area contributed by atoms with E-state index in [1.54, 1.807) is 12.3 Å². The molecule has 1 aliphatic heterocycles. The molecule has 1 nitrogen and oxygen atoms in total. The zero-order valence-electron chi connectivity index (χ0n) is 7.44. The lowest BCUT2D eigenvalue weighted by molar-refractivity contribution is 0.516. The van der Waals surface area contributed by atoms with Crippen molar-refractivity contribution in [2.45, 2.75) is 0 Å². The van der Waals surface area contributed by atoms with Crippen molar-refractivity contribution < 1.29 is 4.74 Å². The smallest absolute Gasteiger partial charge is 0.161 e. The Morgan fingerprint density at radius 1 is 1.00 bits per heavy atom. The molecule has 2 rings (SSSR count). The van der Waals surface area contributed by atoms with Gasteiger partial charge in [-0.3, -0.25) is 0 Å². The molecule has 0 saturated heterocycles.